The first kappa shape index (κ1) is 16.7. The lowest BCUT2D eigenvalue weighted by Gasteiger charge is -2.37. The van der Waals surface area contributed by atoms with Gasteiger partial charge in [0.25, 0.3) is 0 Å². The number of allylic oxidation sites excluding steroid dienone is 1. The van der Waals surface area contributed by atoms with Crippen LogP contribution < -0.4 is 5.73 Å². The van der Waals surface area contributed by atoms with E-state index in [4.69, 9.17) is 15.2 Å². The molecule has 0 aliphatic carbocycles. The van der Waals surface area contributed by atoms with Crippen LogP contribution in [0.4, 0.5) is 0 Å². The first-order valence-electron chi connectivity index (χ1n) is 7.77. The van der Waals surface area contributed by atoms with E-state index >= 15 is 0 Å². The molecule has 0 radical (unpaired) electrons. The number of hydrogen-bond donors (Lipinski definition) is 1. The zero-order valence-electron chi connectivity index (χ0n) is 12.8. The number of ether oxygens (including phenoxy) is 2. The Morgan fingerprint density at radius 2 is 2.00 bits per heavy atom. The van der Waals surface area contributed by atoms with E-state index in [1.165, 1.54) is 32.1 Å². The molecule has 3 heteroatoms. The SMILES string of the molecule is CCCCCCC/C=C\[C@@H]1OC[C@H](C)[C@H](OC)[C@H]1N. The normalized spacial score (nSPS) is 32.0. The van der Waals surface area contributed by atoms with Crippen LogP contribution in [0.25, 0.3) is 0 Å². The van der Waals surface area contributed by atoms with Gasteiger partial charge >= 0.3 is 0 Å². The molecule has 3 nitrogen and oxygen atoms in total. The van der Waals surface area contributed by atoms with Crippen molar-refractivity contribution in [1.82, 2.24) is 0 Å². The Hall–Kier alpha value is -0.380. The van der Waals surface area contributed by atoms with Crippen LogP contribution >= 0.6 is 0 Å². The van der Waals surface area contributed by atoms with Crippen molar-refractivity contribution in [3.05, 3.63) is 12.2 Å². The third kappa shape index (κ3) is 5.64. The van der Waals surface area contributed by atoms with E-state index < -0.39 is 0 Å². The average Bonchev–Trinajstić information content (AvgIpc) is 2.40. The standard InChI is InChI=1S/C16H31NO2/c1-4-5-6-7-8-9-10-11-14-15(17)16(18-3)13(2)12-19-14/h10-11,13-16H,4-9,12,17H2,1-3H3/b11-10-/t13-,14-,15-,16-/m0/s1. The number of nitrogens with two attached hydrogens (primary N) is 1. The lowest BCUT2D eigenvalue weighted by Crippen LogP contribution is -2.54. The quantitative estimate of drug-likeness (QED) is 0.543. The highest BCUT2D eigenvalue weighted by Gasteiger charge is 2.34. The molecule has 0 saturated carbocycles. The van der Waals surface area contributed by atoms with Crippen molar-refractivity contribution in [3.63, 3.8) is 0 Å². The van der Waals surface area contributed by atoms with Gasteiger partial charge < -0.3 is 15.2 Å². The summed E-state index contributed by atoms with van der Waals surface area (Å²) in [5.41, 5.74) is 6.20. The van der Waals surface area contributed by atoms with Crippen LogP contribution in [0.5, 0.6) is 0 Å². The molecule has 1 saturated heterocycles. The van der Waals surface area contributed by atoms with Gasteiger partial charge in [-0.25, -0.2) is 0 Å². The molecule has 0 aromatic rings. The minimum absolute atomic E-state index is 0.0109. The minimum Gasteiger partial charge on any atom is -0.379 e. The lowest BCUT2D eigenvalue weighted by atomic mass is 9.91. The molecule has 1 aliphatic heterocycles. The topological polar surface area (TPSA) is 44.5 Å². The maximum absolute atomic E-state index is 6.20. The smallest absolute Gasteiger partial charge is 0.0932 e. The third-order valence-electron chi connectivity index (χ3n) is 3.94. The van der Waals surface area contributed by atoms with Crippen molar-refractivity contribution in [1.29, 1.82) is 0 Å². The lowest BCUT2D eigenvalue weighted by molar-refractivity contribution is -0.0899. The highest BCUT2D eigenvalue weighted by atomic mass is 16.5. The number of methoxy groups -OCH3 is 1. The predicted molar refractivity (Wildman–Crippen MR) is 80.2 cm³/mol. The predicted octanol–water partition coefficient (Wildman–Crippen LogP) is 3.28. The van der Waals surface area contributed by atoms with E-state index in [0.717, 1.165) is 13.0 Å². The summed E-state index contributed by atoms with van der Waals surface area (Å²) in [5.74, 6) is 0.374. The first-order valence-corrected chi connectivity index (χ1v) is 7.77. The van der Waals surface area contributed by atoms with Gasteiger partial charge in [-0.05, 0) is 12.8 Å². The van der Waals surface area contributed by atoms with Gasteiger partial charge in [-0.1, -0.05) is 51.7 Å². The summed E-state index contributed by atoms with van der Waals surface area (Å²) in [6.07, 6.45) is 12.2. The van der Waals surface area contributed by atoms with E-state index in [1.54, 1.807) is 7.11 Å². The van der Waals surface area contributed by atoms with Gasteiger partial charge in [0.2, 0.25) is 0 Å². The molecule has 0 unspecified atom stereocenters. The van der Waals surface area contributed by atoms with E-state index in [1.807, 2.05) is 0 Å². The second-order valence-corrected chi connectivity index (χ2v) is 5.68. The third-order valence-corrected chi connectivity index (χ3v) is 3.94. The Kier molecular flexibility index (Phi) is 8.35. The molecule has 0 bridgehead atoms. The number of rotatable bonds is 8. The molecular weight excluding hydrogens is 238 g/mol. The van der Waals surface area contributed by atoms with Crippen molar-refractivity contribution in [2.24, 2.45) is 11.7 Å². The fourth-order valence-corrected chi connectivity index (χ4v) is 2.70. The Morgan fingerprint density at radius 3 is 2.68 bits per heavy atom. The minimum atomic E-state index is -0.0508. The van der Waals surface area contributed by atoms with Gasteiger partial charge in [-0.15, -0.1) is 0 Å². The molecule has 19 heavy (non-hydrogen) atoms. The Labute approximate surface area is 118 Å². The Morgan fingerprint density at radius 1 is 1.26 bits per heavy atom. The highest BCUT2D eigenvalue weighted by Crippen LogP contribution is 2.22. The second-order valence-electron chi connectivity index (χ2n) is 5.68. The molecular formula is C16H31NO2. The maximum atomic E-state index is 6.20. The number of unbranched alkanes of at least 4 members (excludes halogenated alkanes) is 5. The van der Waals surface area contributed by atoms with Crippen LogP contribution in [0.1, 0.15) is 52.4 Å². The zero-order chi connectivity index (χ0) is 14.1. The fraction of sp³-hybridized carbons (Fsp3) is 0.875. The summed E-state index contributed by atoms with van der Waals surface area (Å²) in [5, 5.41) is 0. The Balaban J connectivity index is 2.24. The Bertz CT molecular complexity index is 255. The van der Waals surface area contributed by atoms with E-state index in [2.05, 4.69) is 26.0 Å². The van der Waals surface area contributed by atoms with Gasteiger partial charge in [0.05, 0.1) is 24.9 Å². The van der Waals surface area contributed by atoms with E-state index in [-0.39, 0.29) is 18.2 Å². The van der Waals surface area contributed by atoms with Crippen LogP contribution in [-0.4, -0.2) is 32.0 Å². The van der Waals surface area contributed by atoms with E-state index in [9.17, 15) is 0 Å². The van der Waals surface area contributed by atoms with Crippen LogP contribution in [0.3, 0.4) is 0 Å². The summed E-state index contributed by atoms with van der Waals surface area (Å²) >= 11 is 0. The summed E-state index contributed by atoms with van der Waals surface area (Å²) in [7, 11) is 1.74. The summed E-state index contributed by atoms with van der Waals surface area (Å²) in [6, 6.07) is -0.0508. The molecule has 1 aliphatic rings. The molecule has 0 aromatic carbocycles. The van der Waals surface area contributed by atoms with Gasteiger partial charge in [0.1, 0.15) is 0 Å². The molecule has 1 heterocycles. The van der Waals surface area contributed by atoms with Crippen LogP contribution in [0, 0.1) is 5.92 Å². The average molecular weight is 269 g/mol. The van der Waals surface area contributed by atoms with Crippen LogP contribution in [0.2, 0.25) is 0 Å². The molecule has 0 spiro atoms. The van der Waals surface area contributed by atoms with Gasteiger partial charge in [0, 0.05) is 13.0 Å². The fourth-order valence-electron chi connectivity index (χ4n) is 2.70. The summed E-state index contributed by atoms with van der Waals surface area (Å²) < 4.78 is 11.3. The largest absolute Gasteiger partial charge is 0.379 e. The van der Waals surface area contributed by atoms with Crippen molar-refractivity contribution in [2.45, 2.75) is 70.6 Å². The molecule has 4 atom stereocenters. The first-order chi connectivity index (χ1) is 9.20. The second kappa shape index (κ2) is 9.51. The number of hydrogen-bond acceptors (Lipinski definition) is 3. The zero-order valence-corrected chi connectivity index (χ0v) is 12.8. The van der Waals surface area contributed by atoms with E-state index in [0.29, 0.717) is 5.92 Å². The van der Waals surface area contributed by atoms with Gasteiger partial charge in [-0.3, -0.25) is 0 Å². The van der Waals surface area contributed by atoms with Crippen molar-refractivity contribution < 1.29 is 9.47 Å². The summed E-state index contributed by atoms with van der Waals surface area (Å²) in [6.45, 7) is 5.11. The molecule has 0 aromatic heterocycles. The summed E-state index contributed by atoms with van der Waals surface area (Å²) in [4.78, 5) is 0. The molecule has 0 amide bonds. The molecule has 1 fully saturated rings. The van der Waals surface area contributed by atoms with Gasteiger partial charge in [-0.2, -0.15) is 0 Å². The molecule has 1 rings (SSSR count). The van der Waals surface area contributed by atoms with Gasteiger partial charge in [0.15, 0.2) is 0 Å². The van der Waals surface area contributed by atoms with Crippen molar-refractivity contribution in [2.75, 3.05) is 13.7 Å². The highest BCUT2D eigenvalue weighted by molar-refractivity contribution is 5.01. The van der Waals surface area contributed by atoms with Crippen molar-refractivity contribution >= 4 is 0 Å². The molecule has 112 valence electrons. The van der Waals surface area contributed by atoms with Crippen LogP contribution in [-0.2, 0) is 9.47 Å². The maximum Gasteiger partial charge on any atom is 0.0932 e. The van der Waals surface area contributed by atoms with Crippen LogP contribution in [0.15, 0.2) is 12.2 Å². The monoisotopic (exact) mass is 269 g/mol. The van der Waals surface area contributed by atoms with Crippen molar-refractivity contribution in [3.8, 4) is 0 Å². The molecule has 2 N–H and O–H groups in total.